The molecule has 5 nitrogen and oxygen atoms in total. The average molecular weight is 398 g/mol. The molecule has 0 saturated carbocycles. The van der Waals surface area contributed by atoms with Crippen molar-refractivity contribution in [2.75, 3.05) is 5.84 Å². The van der Waals surface area contributed by atoms with E-state index in [4.69, 9.17) is 21.9 Å². The van der Waals surface area contributed by atoms with Gasteiger partial charge in [-0.15, -0.1) is 0 Å². The van der Waals surface area contributed by atoms with E-state index in [-0.39, 0.29) is 5.63 Å². The first-order valence-electron chi connectivity index (χ1n) is 8.27. The molecular weight excluding hydrogens is 382 g/mol. The van der Waals surface area contributed by atoms with Gasteiger partial charge in [0.1, 0.15) is 5.58 Å². The Hall–Kier alpha value is -2.70. The van der Waals surface area contributed by atoms with Crippen LogP contribution in [0.15, 0.2) is 69.1 Å². The molecule has 0 fully saturated rings. The second kappa shape index (κ2) is 7.13. The molecule has 0 saturated heterocycles. The average Bonchev–Trinajstić information content (AvgIpc) is 3.03. The van der Waals surface area contributed by atoms with Gasteiger partial charge in [-0.25, -0.2) is 14.5 Å². The highest BCUT2D eigenvalue weighted by Gasteiger charge is 2.12. The summed E-state index contributed by atoms with van der Waals surface area (Å²) in [5, 5.41) is 2.11. The van der Waals surface area contributed by atoms with Crippen molar-refractivity contribution in [3.8, 4) is 11.3 Å². The van der Waals surface area contributed by atoms with Crippen molar-refractivity contribution in [3.63, 3.8) is 0 Å². The third kappa shape index (κ3) is 3.59. The van der Waals surface area contributed by atoms with Crippen LogP contribution in [0, 0.1) is 6.92 Å². The second-order valence-corrected chi connectivity index (χ2v) is 7.51. The summed E-state index contributed by atoms with van der Waals surface area (Å²) in [6.07, 6.45) is 1.79. The number of benzene rings is 2. The number of nitrogens with zero attached hydrogens (tertiary/aromatic N) is 2. The highest BCUT2D eigenvalue weighted by molar-refractivity contribution is 7.98. The first kappa shape index (κ1) is 17.7. The number of fused-ring (bicyclic) bond motifs is 1. The molecular formula is C20H16ClN3O2S. The van der Waals surface area contributed by atoms with Crippen LogP contribution in [0.4, 0.5) is 0 Å². The number of hydrogen-bond donors (Lipinski definition) is 1. The fourth-order valence-electron chi connectivity index (χ4n) is 2.84. The third-order valence-electron chi connectivity index (χ3n) is 4.23. The number of aryl methyl sites for hydroxylation is 1. The van der Waals surface area contributed by atoms with Crippen molar-refractivity contribution in [3.05, 3.63) is 81.3 Å². The minimum atomic E-state index is -0.388. The number of hydrogen-bond acceptors (Lipinski definition) is 5. The summed E-state index contributed by atoms with van der Waals surface area (Å²) in [7, 11) is 0. The molecule has 2 N–H and O–H groups in total. The molecule has 0 atom stereocenters. The van der Waals surface area contributed by atoms with Crippen molar-refractivity contribution < 1.29 is 4.42 Å². The van der Waals surface area contributed by atoms with Crippen LogP contribution in [0.25, 0.3) is 22.2 Å². The second-order valence-electron chi connectivity index (χ2n) is 6.16. The Balaban J connectivity index is 1.65. The van der Waals surface area contributed by atoms with Gasteiger partial charge in [-0.2, -0.15) is 0 Å². The standard InChI is InChI=1S/C20H16ClN3O2S/c1-12-7-18-15(9-16(12)21)14(8-19(25)26-18)11-27-20-23-17(10-24(20)22)13-5-3-2-4-6-13/h2-10H,11,22H2,1H3. The van der Waals surface area contributed by atoms with Gasteiger partial charge in [0, 0.05) is 27.8 Å². The first-order chi connectivity index (χ1) is 13.0. The monoisotopic (exact) mass is 397 g/mol. The van der Waals surface area contributed by atoms with E-state index in [1.54, 1.807) is 12.3 Å². The zero-order chi connectivity index (χ0) is 19.0. The molecule has 0 aliphatic heterocycles. The zero-order valence-electron chi connectivity index (χ0n) is 14.5. The highest BCUT2D eigenvalue weighted by atomic mass is 35.5. The van der Waals surface area contributed by atoms with Gasteiger partial charge in [-0.1, -0.05) is 53.7 Å². The maximum absolute atomic E-state index is 11.9. The smallest absolute Gasteiger partial charge is 0.336 e. The lowest BCUT2D eigenvalue weighted by atomic mass is 10.1. The summed E-state index contributed by atoms with van der Waals surface area (Å²) in [5.74, 6) is 6.58. The number of thioether (sulfide) groups is 1. The molecule has 136 valence electrons. The number of imidazole rings is 1. The van der Waals surface area contributed by atoms with Gasteiger partial charge in [-0.05, 0) is 30.2 Å². The SMILES string of the molecule is Cc1cc2oc(=O)cc(CSc3nc(-c4ccccc4)cn3N)c2cc1Cl. The highest BCUT2D eigenvalue weighted by Crippen LogP contribution is 2.30. The van der Waals surface area contributed by atoms with Crippen LogP contribution in [0.3, 0.4) is 0 Å². The van der Waals surface area contributed by atoms with E-state index in [1.165, 1.54) is 22.5 Å². The van der Waals surface area contributed by atoms with E-state index in [0.29, 0.717) is 21.5 Å². The van der Waals surface area contributed by atoms with Crippen molar-refractivity contribution in [1.29, 1.82) is 0 Å². The summed E-state index contributed by atoms with van der Waals surface area (Å²) in [4.78, 5) is 16.5. The van der Waals surface area contributed by atoms with Gasteiger partial charge in [0.05, 0.1) is 11.9 Å². The predicted octanol–water partition coefficient (Wildman–Crippen LogP) is 4.62. The van der Waals surface area contributed by atoms with Crippen molar-refractivity contribution in [2.24, 2.45) is 0 Å². The van der Waals surface area contributed by atoms with E-state index in [0.717, 1.165) is 27.8 Å². The van der Waals surface area contributed by atoms with Gasteiger partial charge in [0.2, 0.25) is 0 Å². The van der Waals surface area contributed by atoms with Crippen LogP contribution in [-0.4, -0.2) is 9.66 Å². The van der Waals surface area contributed by atoms with E-state index < -0.39 is 0 Å². The summed E-state index contributed by atoms with van der Waals surface area (Å²) in [6, 6.07) is 14.9. The Labute approximate surface area is 164 Å². The number of halogens is 1. The Morgan fingerprint density at radius 3 is 2.78 bits per heavy atom. The molecule has 0 aliphatic rings. The Kier molecular flexibility index (Phi) is 4.68. The van der Waals surface area contributed by atoms with Gasteiger partial charge in [0.15, 0.2) is 5.16 Å². The normalized spacial score (nSPS) is 11.2. The number of aromatic nitrogens is 2. The summed E-state index contributed by atoms with van der Waals surface area (Å²) >= 11 is 7.70. The minimum Gasteiger partial charge on any atom is -0.423 e. The van der Waals surface area contributed by atoms with Crippen molar-refractivity contribution in [2.45, 2.75) is 17.8 Å². The molecule has 7 heteroatoms. The molecule has 27 heavy (non-hydrogen) atoms. The molecule has 4 rings (SSSR count). The van der Waals surface area contributed by atoms with Crippen LogP contribution < -0.4 is 11.5 Å². The summed E-state index contributed by atoms with van der Waals surface area (Å²) in [6.45, 7) is 1.87. The molecule has 0 amide bonds. The van der Waals surface area contributed by atoms with Crippen LogP contribution in [-0.2, 0) is 5.75 Å². The molecule has 2 aromatic heterocycles. The molecule has 2 heterocycles. The molecule has 0 unspecified atom stereocenters. The van der Waals surface area contributed by atoms with Crippen LogP contribution in [0.1, 0.15) is 11.1 Å². The van der Waals surface area contributed by atoms with Gasteiger partial charge in [-0.3, -0.25) is 0 Å². The lowest BCUT2D eigenvalue weighted by Gasteiger charge is -2.07. The zero-order valence-corrected chi connectivity index (χ0v) is 16.1. The van der Waals surface area contributed by atoms with E-state index >= 15 is 0 Å². The summed E-state index contributed by atoms with van der Waals surface area (Å²) in [5.41, 5.74) is 3.63. The number of rotatable bonds is 4. The van der Waals surface area contributed by atoms with Crippen LogP contribution >= 0.6 is 23.4 Å². The van der Waals surface area contributed by atoms with E-state index in [9.17, 15) is 4.79 Å². The molecule has 0 radical (unpaired) electrons. The van der Waals surface area contributed by atoms with Crippen molar-refractivity contribution in [1.82, 2.24) is 9.66 Å². The molecule has 0 aliphatic carbocycles. The fourth-order valence-corrected chi connectivity index (χ4v) is 3.89. The first-order valence-corrected chi connectivity index (χ1v) is 9.63. The fraction of sp³-hybridized carbons (Fsp3) is 0.100. The molecule has 0 spiro atoms. The molecule has 2 aromatic carbocycles. The van der Waals surface area contributed by atoms with Crippen LogP contribution in [0.5, 0.6) is 0 Å². The van der Waals surface area contributed by atoms with E-state index in [2.05, 4.69) is 4.98 Å². The number of nitrogens with two attached hydrogens (primary N) is 1. The topological polar surface area (TPSA) is 74.0 Å². The van der Waals surface area contributed by atoms with Gasteiger partial charge in [0.25, 0.3) is 0 Å². The van der Waals surface area contributed by atoms with Gasteiger partial charge >= 0.3 is 5.63 Å². The molecule has 4 aromatic rings. The maximum atomic E-state index is 11.9. The van der Waals surface area contributed by atoms with Crippen molar-refractivity contribution >= 4 is 34.3 Å². The minimum absolute atomic E-state index is 0.388. The van der Waals surface area contributed by atoms with E-state index in [1.807, 2.05) is 43.3 Å². The largest absolute Gasteiger partial charge is 0.423 e. The molecule has 0 bridgehead atoms. The summed E-state index contributed by atoms with van der Waals surface area (Å²) < 4.78 is 6.80. The predicted molar refractivity (Wildman–Crippen MR) is 110 cm³/mol. The van der Waals surface area contributed by atoms with Crippen LogP contribution in [0.2, 0.25) is 5.02 Å². The Morgan fingerprint density at radius 1 is 1.22 bits per heavy atom. The lowest BCUT2D eigenvalue weighted by Crippen LogP contribution is -2.08. The Bertz CT molecular complexity index is 1190. The van der Waals surface area contributed by atoms with Gasteiger partial charge < -0.3 is 10.3 Å². The number of nitrogen functional groups attached to an aromatic ring is 1. The maximum Gasteiger partial charge on any atom is 0.336 e. The quantitative estimate of drug-likeness (QED) is 0.309. The third-order valence-corrected chi connectivity index (χ3v) is 5.66. The lowest BCUT2D eigenvalue weighted by molar-refractivity contribution is 0.559. The Morgan fingerprint density at radius 2 is 2.00 bits per heavy atom.